The Hall–Kier alpha value is -1.40. The molecule has 0 atom stereocenters. The van der Waals surface area contributed by atoms with E-state index in [1.54, 1.807) is 7.05 Å². The number of nitrogens with one attached hydrogen (secondary N) is 1. The van der Waals surface area contributed by atoms with E-state index >= 15 is 0 Å². The predicted molar refractivity (Wildman–Crippen MR) is 78.9 cm³/mol. The number of aromatic nitrogens is 2. The highest BCUT2D eigenvalue weighted by Crippen LogP contribution is 2.06. The summed E-state index contributed by atoms with van der Waals surface area (Å²) in [4.78, 5) is 25.8. The van der Waals surface area contributed by atoms with Crippen LogP contribution in [0.5, 0.6) is 0 Å². The van der Waals surface area contributed by atoms with Crippen molar-refractivity contribution >= 4 is 0 Å². The summed E-state index contributed by atoms with van der Waals surface area (Å²) in [6.45, 7) is 5.04. The molecule has 0 radical (unpaired) electrons. The Kier molecular flexibility index (Phi) is 5.14. The van der Waals surface area contributed by atoms with Crippen LogP contribution in [0.2, 0.25) is 0 Å². The molecule has 2 rings (SSSR count). The molecule has 0 bridgehead atoms. The van der Waals surface area contributed by atoms with Gasteiger partial charge in [0.25, 0.3) is 5.56 Å². The van der Waals surface area contributed by atoms with Crippen molar-refractivity contribution in [1.82, 2.24) is 19.4 Å². The summed E-state index contributed by atoms with van der Waals surface area (Å²) in [5.74, 6) is 0. The minimum absolute atomic E-state index is 0.248. The van der Waals surface area contributed by atoms with Gasteiger partial charge in [0.15, 0.2) is 0 Å². The van der Waals surface area contributed by atoms with Crippen molar-refractivity contribution in [1.29, 1.82) is 0 Å². The van der Waals surface area contributed by atoms with Crippen LogP contribution in [0.1, 0.15) is 25.0 Å². The number of rotatable bonds is 6. The van der Waals surface area contributed by atoms with Gasteiger partial charge in [-0.05, 0) is 45.4 Å². The summed E-state index contributed by atoms with van der Waals surface area (Å²) >= 11 is 0. The first-order chi connectivity index (χ1) is 9.59. The lowest BCUT2D eigenvalue weighted by atomic mass is 10.3. The van der Waals surface area contributed by atoms with Gasteiger partial charge in [-0.1, -0.05) is 0 Å². The first-order valence-electron chi connectivity index (χ1n) is 7.28. The van der Waals surface area contributed by atoms with E-state index in [-0.39, 0.29) is 11.2 Å². The molecule has 1 aliphatic rings. The lowest BCUT2D eigenvalue weighted by molar-refractivity contribution is 0.330. The maximum atomic E-state index is 11.8. The normalized spacial score (nSPS) is 15.9. The van der Waals surface area contributed by atoms with Crippen LogP contribution in [0.25, 0.3) is 0 Å². The highest BCUT2D eigenvalue weighted by Gasteiger charge is 2.10. The minimum Gasteiger partial charge on any atom is -0.311 e. The van der Waals surface area contributed by atoms with E-state index in [4.69, 9.17) is 0 Å². The van der Waals surface area contributed by atoms with Gasteiger partial charge in [0.2, 0.25) is 0 Å². The molecule has 20 heavy (non-hydrogen) atoms. The maximum Gasteiger partial charge on any atom is 0.330 e. The summed E-state index contributed by atoms with van der Waals surface area (Å²) in [6, 6.07) is 1.52. The van der Waals surface area contributed by atoms with Gasteiger partial charge in [-0.15, -0.1) is 0 Å². The van der Waals surface area contributed by atoms with Gasteiger partial charge < -0.3 is 10.2 Å². The molecule has 2 heterocycles. The molecule has 1 saturated heterocycles. The van der Waals surface area contributed by atoms with Crippen LogP contribution in [-0.4, -0.2) is 40.2 Å². The van der Waals surface area contributed by atoms with Crippen LogP contribution in [0, 0.1) is 0 Å². The van der Waals surface area contributed by atoms with Gasteiger partial charge in [-0.3, -0.25) is 13.9 Å². The quantitative estimate of drug-likeness (QED) is 0.724. The van der Waals surface area contributed by atoms with Crippen molar-refractivity contribution in [2.24, 2.45) is 14.1 Å². The van der Waals surface area contributed by atoms with Crippen LogP contribution in [0.3, 0.4) is 0 Å². The zero-order valence-electron chi connectivity index (χ0n) is 12.4. The molecule has 1 N–H and O–H groups in total. The average molecular weight is 280 g/mol. The third kappa shape index (κ3) is 3.58. The van der Waals surface area contributed by atoms with Crippen LogP contribution < -0.4 is 16.6 Å². The molecule has 0 unspecified atom stereocenters. The highest BCUT2D eigenvalue weighted by molar-refractivity contribution is 5.01. The van der Waals surface area contributed by atoms with Gasteiger partial charge in [0.05, 0.1) is 0 Å². The van der Waals surface area contributed by atoms with E-state index < -0.39 is 0 Å². The second-order valence-corrected chi connectivity index (χ2v) is 5.45. The molecule has 0 aliphatic carbocycles. The van der Waals surface area contributed by atoms with Crippen molar-refractivity contribution in [2.75, 3.05) is 26.2 Å². The Balaban J connectivity index is 1.79. The second-order valence-electron chi connectivity index (χ2n) is 5.45. The monoisotopic (exact) mass is 280 g/mol. The topological polar surface area (TPSA) is 59.3 Å². The largest absolute Gasteiger partial charge is 0.330 e. The zero-order valence-corrected chi connectivity index (χ0v) is 12.4. The Labute approximate surface area is 119 Å². The average Bonchev–Trinajstić information content (AvgIpc) is 2.94. The number of hydrogen-bond donors (Lipinski definition) is 1. The standard InChI is InChI=1S/C14H24N4O2/c1-16-12(10-13(19)17(2)14(16)20)11-15-6-5-9-18-7-3-4-8-18/h10,15H,3-9,11H2,1-2H3. The fourth-order valence-corrected chi connectivity index (χ4v) is 2.60. The number of nitrogens with zero attached hydrogens (tertiary/aromatic N) is 3. The fourth-order valence-electron chi connectivity index (χ4n) is 2.60. The van der Waals surface area contributed by atoms with Gasteiger partial charge in [-0.2, -0.15) is 0 Å². The van der Waals surface area contributed by atoms with E-state index in [0.717, 1.165) is 29.8 Å². The third-order valence-electron chi connectivity index (χ3n) is 3.96. The predicted octanol–water partition coefficient (Wildman–Crippen LogP) is -0.340. The van der Waals surface area contributed by atoms with Crippen molar-refractivity contribution in [3.8, 4) is 0 Å². The van der Waals surface area contributed by atoms with Crippen LogP contribution in [0.15, 0.2) is 15.7 Å². The Bertz CT molecular complexity index is 555. The molecule has 1 fully saturated rings. The Morgan fingerprint density at radius 3 is 2.55 bits per heavy atom. The lowest BCUT2D eigenvalue weighted by Gasteiger charge is -2.15. The zero-order chi connectivity index (χ0) is 14.5. The highest BCUT2D eigenvalue weighted by atomic mass is 16.2. The van der Waals surface area contributed by atoms with Crippen molar-refractivity contribution in [3.05, 3.63) is 32.6 Å². The molecule has 0 saturated carbocycles. The molecular weight excluding hydrogens is 256 g/mol. The fraction of sp³-hybridized carbons (Fsp3) is 0.714. The SMILES string of the molecule is Cn1c(CNCCCN2CCCC2)cc(=O)n(C)c1=O. The summed E-state index contributed by atoms with van der Waals surface area (Å²) in [6.07, 6.45) is 3.74. The van der Waals surface area contributed by atoms with Crippen molar-refractivity contribution in [2.45, 2.75) is 25.8 Å². The van der Waals surface area contributed by atoms with Gasteiger partial charge in [0.1, 0.15) is 0 Å². The summed E-state index contributed by atoms with van der Waals surface area (Å²) in [7, 11) is 3.20. The van der Waals surface area contributed by atoms with Crippen molar-refractivity contribution < 1.29 is 0 Å². The Morgan fingerprint density at radius 1 is 1.15 bits per heavy atom. The molecular formula is C14H24N4O2. The van der Waals surface area contributed by atoms with Crippen LogP contribution >= 0.6 is 0 Å². The van der Waals surface area contributed by atoms with Gasteiger partial charge >= 0.3 is 5.69 Å². The molecule has 6 nitrogen and oxygen atoms in total. The molecule has 6 heteroatoms. The van der Waals surface area contributed by atoms with Gasteiger partial charge in [0, 0.05) is 32.4 Å². The summed E-state index contributed by atoms with van der Waals surface area (Å²) in [5, 5.41) is 3.31. The summed E-state index contributed by atoms with van der Waals surface area (Å²) < 4.78 is 2.64. The molecule has 0 amide bonds. The number of hydrogen-bond acceptors (Lipinski definition) is 4. The smallest absolute Gasteiger partial charge is 0.311 e. The first kappa shape index (κ1) is 15.0. The van der Waals surface area contributed by atoms with E-state index in [9.17, 15) is 9.59 Å². The van der Waals surface area contributed by atoms with E-state index in [1.165, 1.54) is 43.6 Å². The third-order valence-corrected chi connectivity index (χ3v) is 3.96. The van der Waals surface area contributed by atoms with Crippen molar-refractivity contribution in [3.63, 3.8) is 0 Å². The Morgan fingerprint density at radius 2 is 1.85 bits per heavy atom. The molecule has 0 spiro atoms. The number of likely N-dealkylation sites (tertiary alicyclic amines) is 1. The van der Waals surface area contributed by atoms with E-state index in [2.05, 4.69) is 10.2 Å². The summed E-state index contributed by atoms with van der Waals surface area (Å²) in [5.41, 5.74) is 0.215. The lowest BCUT2D eigenvalue weighted by Crippen LogP contribution is -2.39. The molecule has 0 aromatic carbocycles. The maximum absolute atomic E-state index is 11.8. The minimum atomic E-state index is -0.272. The first-order valence-corrected chi connectivity index (χ1v) is 7.28. The van der Waals surface area contributed by atoms with E-state index in [0.29, 0.717) is 6.54 Å². The van der Waals surface area contributed by atoms with Crippen LogP contribution in [0.4, 0.5) is 0 Å². The second kappa shape index (κ2) is 6.85. The molecule has 1 aromatic heterocycles. The molecule has 112 valence electrons. The van der Waals surface area contributed by atoms with Gasteiger partial charge in [-0.25, -0.2) is 4.79 Å². The molecule has 1 aromatic rings. The molecule has 1 aliphatic heterocycles. The van der Waals surface area contributed by atoms with E-state index in [1.807, 2.05) is 0 Å². The van der Waals surface area contributed by atoms with Crippen LogP contribution in [-0.2, 0) is 20.6 Å².